The molecule has 3 nitrogen and oxygen atoms in total. The first kappa shape index (κ1) is 16.5. The van der Waals surface area contributed by atoms with Crippen LogP contribution in [0.15, 0.2) is 0 Å². The van der Waals surface area contributed by atoms with Crippen molar-refractivity contribution in [3.05, 3.63) is 0 Å². The molecule has 1 aliphatic rings. The summed E-state index contributed by atoms with van der Waals surface area (Å²) in [6, 6.07) is 0.444. The molecule has 0 bridgehead atoms. The van der Waals surface area contributed by atoms with Crippen LogP contribution >= 0.6 is 0 Å². The Labute approximate surface area is 119 Å². The van der Waals surface area contributed by atoms with E-state index in [0.29, 0.717) is 29.7 Å². The van der Waals surface area contributed by atoms with Gasteiger partial charge in [0.25, 0.3) is 0 Å². The van der Waals surface area contributed by atoms with Gasteiger partial charge in [0.1, 0.15) is 0 Å². The lowest BCUT2D eigenvalue weighted by molar-refractivity contribution is -0.128. The zero-order valence-electron chi connectivity index (χ0n) is 13.4. The molecule has 3 unspecified atom stereocenters. The SMILES string of the molecule is CCCNC(CN1CC(C(C)C)CC1=O)C(C)CC. The van der Waals surface area contributed by atoms with Crippen LogP contribution in [0.25, 0.3) is 0 Å². The minimum atomic E-state index is 0.352. The van der Waals surface area contributed by atoms with Crippen LogP contribution in [0.3, 0.4) is 0 Å². The number of carbonyl (C=O) groups excluding carboxylic acids is 1. The second kappa shape index (κ2) is 7.88. The highest BCUT2D eigenvalue weighted by molar-refractivity contribution is 5.78. The molecule has 0 aliphatic carbocycles. The highest BCUT2D eigenvalue weighted by atomic mass is 16.2. The number of hydrogen-bond acceptors (Lipinski definition) is 2. The molecule has 1 amide bonds. The summed E-state index contributed by atoms with van der Waals surface area (Å²) in [5, 5.41) is 3.62. The third kappa shape index (κ3) is 4.79. The summed E-state index contributed by atoms with van der Waals surface area (Å²) in [7, 11) is 0. The van der Waals surface area contributed by atoms with Gasteiger partial charge in [0.15, 0.2) is 0 Å². The van der Waals surface area contributed by atoms with Crippen molar-refractivity contribution in [1.29, 1.82) is 0 Å². The van der Waals surface area contributed by atoms with Crippen LogP contribution in [-0.4, -0.2) is 36.5 Å². The number of nitrogens with one attached hydrogen (secondary N) is 1. The van der Waals surface area contributed by atoms with Crippen molar-refractivity contribution in [3.63, 3.8) is 0 Å². The summed E-state index contributed by atoms with van der Waals surface area (Å²) in [5.41, 5.74) is 0. The lowest BCUT2D eigenvalue weighted by Crippen LogP contribution is -2.45. The fourth-order valence-electron chi connectivity index (χ4n) is 2.72. The number of carbonyl (C=O) groups is 1. The molecule has 3 heteroatoms. The van der Waals surface area contributed by atoms with Gasteiger partial charge in [-0.05, 0) is 30.7 Å². The van der Waals surface area contributed by atoms with E-state index in [1.165, 1.54) is 0 Å². The second-order valence-electron chi connectivity index (χ2n) is 6.45. The summed E-state index contributed by atoms with van der Waals surface area (Å²) < 4.78 is 0. The number of amides is 1. The second-order valence-corrected chi connectivity index (χ2v) is 6.45. The van der Waals surface area contributed by atoms with Gasteiger partial charge in [0.05, 0.1) is 0 Å². The van der Waals surface area contributed by atoms with Crippen molar-refractivity contribution in [3.8, 4) is 0 Å². The molecule has 1 aliphatic heterocycles. The minimum Gasteiger partial charge on any atom is -0.341 e. The van der Waals surface area contributed by atoms with E-state index in [0.717, 1.165) is 38.9 Å². The lowest BCUT2D eigenvalue weighted by atomic mass is 9.95. The quantitative estimate of drug-likeness (QED) is 0.734. The average Bonchev–Trinajstić information content (AvgIpc) is 2.75. The number of nitrogens with zero attached hydrogens (tertiary/aromatic N) is 1. The van der Waals surface area contributed by atoms with E-state index in [9.17, 15) is 4.79 Å². The molecule has 0 saturated carbocycles. The van der Waals surface area contributed by atoms with Gasteiger partial charge in [-0.1, -0.05) is 41.0 Å². The van der Waals surface area contributed by atoms with Gasteiger partial charge >= 0.3 is 0 Å². The normalized spacial score (nSPS) is 23.2. The summed E-state index contributed by atoms with van der Waals surface area (Å²) >= 11 is 0. The van der Waals surface area contributed by atoms with Crippen LogP contribution in [0.4, 0.5) is 0 Å². The molecule has 0 radical (unpaired) electrons. The fourth-order valence-corrected chi connectivity index (χ4v) is 2.72. The van der Waals surface area contributed by atoms with Crippen LogP contribution < -0.4 is 5.32 Å². The minimum absolute atomic E-state index is 0.352. The molecular formula is C16H32N2O. The predicted octanol–water partition coefficient (Wildman–Crippen LogP) is 2.91. The Bertz CT molecular complexity index is 278. The van der Waals surface area contributed by atoms with Crippen LogP contribution in [-0.2, 0) is 4.79 Å². The van der Waals surface area contributed by atoms with Crippen LogP contribution in [0, 0.1) is 17.8 Å². The van der Waals surface area contributed by atoms with Crippen molar-refractivity contribution >= 4 is 5.91 Å². The van der Waals surface area contributed by atoms with E-state index >= 15 is 0 Å². The number of likely N-dealkylation sites (tertiary alicyclic amines) is 1. The Morgan fingerprint density at radius 2 is 2.00 bits per heavy atom. The van der Waals surface area contributed by atoms with Crippen LogP contribution in [0.2, 0.25) is 0 Å². The summed E-state index contributed by atoms with van der Waals surface area (Å²) in [4.78, 5) is 14.2. The van der Waals surface area contributed by atoms with Crippen molar-refractivity contribution in [1.82, 2.24) is 10.2 Å². The summed E-state index contributed by atoms with van der Waals surface area (Å²) in [6.45, 7) is 14.0. The standard InChI is InChI=1S/C16H32N2O/c1-6-8-17-15(13(5)7-2)11-18-10-14(12(3)4)9-16(18)19/h12-15,17H,6-11H2,1-5H3. The van der Waals surface area contributed by atoms with Gasteiger partial charge in [-0.15, -0.1) is 0 Å². The Morgan fingerprint density at radius 3 is 2.47 bits per heavy atom. The zero-order chi connectivity index (χ0) is 14.4. The van der Waals surface area contributed by atoms with Gasteiger partial charge in [-0.2, -0.15) is 0 Å². The van der Waals surface area contributed by atoms with Crippen molar-refractivity contribution in [2.75, 3.05) is 19.6 Å². The van der Waals surface area contributed by atoms with E-state index in [2.05, 4.69) is 44.8 Å². The Morgan fingerprint density at radius 1 is 1.32 bits per heavy atom. The van der Waals surface area contributed by atoms with E-state index in [-0.39, 0.29) is 0 Å². The third-order valence-corrected chi connectivity index (χ3v) is 4.59. The maximum absolute atomic E-state index is 12.1. The van der Waals surface area contributed by atoms with E-state index in [4.69, 9.17) is 0 Å². The van der Waals surface area contributed by atoms with Gasteiger partial charge in [-0.3, -0.25) is 4.79 Å². The van der Waals surface area contributed by atoms with E-state index in [1.807, 2.05) is 0 Å². The molecule has 1 saturated heterocycles. The van der Waals surface area contributed by atoms with E-state index < -0.39 is 0 Å². The Hall–Kier alpha value is -0.570. The molecule has 0 aromatic heterocycles. The van der Waals surface area contributed by atoms with Gasteiger partial charge in [-0.25, -0.2) is 0 Å². The first-order chi connectivity index (χ1) is 8.99. The largest absolute Gasteiger partial charge is 0.341 e. The molecule has 1 heterocycles. The number of hydrogen-bond donors (Lipinski definition) is 1. The lowest BCUT2D eigenvalue weighted by Gasteiger charge is -2.29. The van der Waals surface area contributed by atoms with Crippen molar-refractivity contribution in [2.45, 2.75) is 59.9 Å². The third-order valence-electron chi connectivity index (χ3n) is 4.59. The first-order valence-electron chi connectivity index (χ1n) is 8.00. The van der Waals surface area contributed by atoms with E-state index in [1.54, 1.807) is 0 Å². The average molecular weight is 268 g/mol. The van der Waals surface area contributed by atoms with Gasteiger partial charge in [0.2, 0.25) is 5.91 Å². The van der Waals surface area contributed by atoms with Crippen LogP contribution in [0.1, 0.15) is 53.9 Å². The molecule has 112 valence electrons. The van der Waals surface area contributed by atoms with Gasteiger partial charge < -0.3 is 10.2 Å². The molecule has 1 rings (SSSR count). The highest BCUT2D eigenvalue weighted by Gasteiger charge is 2.33. The molecule has 0 spiro atoms. The zero-order valence-corrected chi connectivity index (χ0v) is 13.4. The topological polar surface area (TPSA) is 32.3 Å². The van der Waals surface area contributed by atoms with Crippen LogP contribution in [0.5, 0.6) is 0 Å². The summed E-state index contributed by atoms with van der Waals surface area (Å²) in [6.07, 6.45) is 3.06. The Kier molecular flexibility index (Phi) is 6.84. The molecule has 1 fully saturated rings. The molecule has 1 N–H and O–H groups in total. The molecule has 3 atom stereocenters. The maximum atomic E-state index is 12.1. The highest BCUT2D eigenvalue weighted by Crippen LogP contribution is 2.25. The molecular weight excluding hydrogens is 236 g/mol. The monoisotopic (exact) mass is 268 g/mol. The summed E-state index contributed by atoms with van der Waals surface area (Å²) in [5.74, 6) is 2.14. The predicted molar refractivity (Wildman–Crippen MR) is 81.1 cm³/mol. The Balaban J connectivity index is 2.56. The molecule has 19 heavy (non-hydrogen) atoms. The smallest absolute Gasteiger partial charge is 0.222 e. The molecule has 0 aromatic rings. The fraction of sp³-hybridized carbons (Fsp3) is 0.938. The van der Waals surface area contributed by atoms with Crippen molar-refractivity contribution in [2.24, 2.45) is 17.8 Å². The van der Waals surface area contributed by atoms with Crippen molar-refractivity contribution < 1.29 is 4.79 Å². The number of rotatable bonds is 8. The first-order valence-corrected chi connectivity index (χ1v) is 8.00. The maximum Gasteiger partial charge on any atom is 0.222 e. The molecule has 0 aromatic carbocycles. The van der Waals surface area contributed by atoms with Gasteiger partial charge in [0, 0.05) is 25.6 Å².